The monoisotopic (exact) mass is 200 g/mol. The summed E-state index contributed by atoms with van der Waals surface area (Å²) in [7, 11) is 2.05. The molecule has 1 saturated heterocycles. The highest BCUT2D eigenvalue weighted by atomic mass is 16.5. The standard InChI is InChI=1S/C11H24N2O/c1-3-4-8-14-9-7-13-6-5-11(10-13)12-2/h11-12H,3-10H2,1-2H3. The van der Waals surface area contributed by atoms with Crippen LogP contribution < -0.4 is 5.32 Å². The Hall–Kier alpha value is -0.120. The Balaban J connectivity index is 1.92. The van der Waals surface area contributed by atoms with Crippen LogP contribution in [0, 0.1) is 0 Å². The van der Waals surface area contributed by atoms with Crippen LogP contribution in [0.25, 0.3) is 0 Å². The van der Waals surface area contributed by atoms with Crippen molar-refractivity contribution in [3.8, 4) is 0 Å². The van der Waals surface area contributed by atoms with Gasteiger partial charge in [-0.3, -0.25) is 4.90 Å². The lowest BCUT2D eigenvalue weighted by molar-refractivity contribution is 0.108. The third-order valence-corrected chi connectivity index (χ3v) is 2.87. The van der Waals surface area contributed by atoms with E-state index in [1.54, 1.807) is 0 Å². The molecule has 1 unspecified atom stereocenters. The van der Waals surface area contributed by atoms with E-state index in [1.807, 2.05) is 7.05 Å². The van der Waals surface area contributed by atoms with E-state index in [2.05, 4.69) is 17.1 Å². The predicted octanol–water partition coefficient (Wildman–Crippen LogP) is 1.10. The Morgan fingerprint density at radius 1 is 1.43 bits per heavy atom. The zero-order chi connectivity index (χ0) is 10.2. The number of ether oxygens (including phenoxy) is 1. The Bertz CT molecular complexity index is 141. The number of likely N-dealkylation sites (tertiary alicyclic amines) is 1. The fourth-order valence-electron chi connectivity index (χ4n) is 1.81. The minimum atomic E-state index is 0.700. The number of hydrogen-bond acceptors (Lipinski definition) is 3. The Morgan fingerprint density at radius 3 is 2.93 bits per heavy atom. The largest absolute Gasteiger partial charge is 0.380 e. The van der Waals surface area contributed by atoms with Gasteiger partial charge < -0.3 is 10.1 Å². The first kappa shape index (κ1) is 12.0. The first-order chi connectivity index (χ1) is 6.86. The summed E-state index contributed by atoms with van der Waals surface area (Å²) >= 11 is 0. The van der Waals surface area contributed by atoms with Crippen LogP contribution in [0.3, 0.4) is 0 Å². The smallest absolute Gasteiger partial charge is 0.0593 e. The van der Waals surface area contributed by atoms with Gasteiger partial charge in [-0.1, -0.05) is 13.3 Å². The molecule has 14 heavy (non-hydrogen) atoms. The number of nitrogens with one attached hydrogen (secondary N) is 1. The van der Waals surface area contributed by atoms with Gasteiger partial charge in [-0.05, 0) is 26.4 Å². The van der Waals surface area contributed by atoms with Crippen molar-refractivity contribution in [2.75, 3.05) is 39.9 Å². The van der Waals surface area contributed by atoms with Crippen LogP contribution in [0.15, 0.2) is 0 Å². The minimum absolute atomic E-state index is 0.700. The molecule has 0 aliphatic carbocycles. The van der Waals surface area contributed by atoms with Crippen LogP contribution in [0.1, 0.15) is 26.2 Å². The molecule has 1 rings (SSSR count). The topological polar surface area (TPSA) is 24.5 Å². The Labute approximate surface area is 87.8 Å². The molecule has 84 valence electrons. The van der Waals surface area contributed by atoms with Gasteiger partial charge in [-0.2, -0.15) is 0 Å². The maximum atomic E-state index is 5.54. The van der Waals surface area contributed by atoms with E-state index in [0.29, 0.717) is 6.04 Å². The van der Waals surface area contributed by atoms with Crippen LogP contribution in [0.2, 0.25) is 0 Å². The van der Waals surface area contributed by atoms with Crippen LogP contribution >= 0.6 is 0 Å². The maximum Gasteiger partial charge on any atom is 0.0593 e. The van der Waals surface area contributed by atoms with E-state index in [9.17, 15) is 0 Å². The second kappa shape index (κ2) is 7.21. The summed E-state index contributed by atoms with van der Waals surface area (Å²) in [5.41, 5.74) is 0. The van der Waals surface area contributed by atoms with Gasteiger partial charge in [-0.25, -0.2) is 0 Å². The molecule has 0 radical (unpaired) electrons. The average molecular weight is 200 g/mol. The van der Waals surface area contributed by atoms with Gasteiger partial charge in [0, 0.05) is 25.7 Å². The minimum Gasteiger partial charge on any atom is -0.380 e. The molecule has 0 spiro atoms. The third-order valence-electron chi connectivity index (χ3n) is 2.87. The summed E-state index contributed by atoms with van der Waals surface area (Å²) in [6, 6.07) is 0.700. The zero-order valence-electron chi connectivity index (χ0n) is 9.59. The highest BCUT2D eigenvalue weighted by molar-refractivity contribution is 4.79. The molecule has 3 nitrogen and oxygen atoms in total. The molecule has 0 aromatic carbocycles. The third kappa shape index (κ3) is 4.40. The first-order valence-electron chi connectivity index (χ1n) is 5.84. The van der Waals surface area contributed by atoms with Crippen molar-refractivity contribution in [2.45, 2.75) is 32.2 Å². The van der Waals surface area contributed by atoms with E-state index in [-0.39, 0.29) is 0 Å². The van der Waals surface area contributed by atoms with Gasteiger partial charge in [0.2, 0.25) is 0 Å². The van der Waals surface area contributed by atoms with E-state index < -0.39 is 0 Å². The molecule has 3 heteroatoms. The van der Waals surface area contributed by atoms with Gasteiger partial charge in [0.25, 0.3) is 0 Å². The van der Waals surface area contributed by atoms with Gasteiger partial charge in [0.1, 0.15) is 0 Å². The van der Waals surface area contributed by atoms with Gasteiger partial charge >= 0.3 is 0 Å². The van der Waals surface area contributed by atoms with E-state index in [4.69, 9.17) is 4.74 Å². The highest BCUT2D eigenvalue weighted by Crippen LogP contribution is 2.07. The zero-order valence-corrected chi connectivity index (χ0v) is 9.59. The summed E-state index contributed by atoms with van der Waals surface area (Å²) in [5.74, 6) is 0. The second-order valence-electron chi connectivity index (χ2n) is 4.04. The predicted molar refractivity (Wildman–Crippen MR) is 59.6 cm³/mol. The number of rotatable bonds is 7. The number of hydrogen-bond donors (Lipinski definition) is 1. The van der Waals surface area contributed by atoms with E-state index >= 15 is 0 Å². The van der Waals surface area contributed by atoms with Gasteiger partial charge in [0.05, 0.1) is 6.61 Å². The average Bonchev–Trinajstić information content (AvgIpc) is 2.65. The van der Waals surface area contributed by atoms with Gasteiger partial charge in [0.15, 0.2) is 0 Å². The summed E-state index contributed by atoms with van der Waals surface area (Å²) in [6.45, 7) is 7.54. The molecule has 0 amide bonds. The molecule has 1 atom stereocenters. The van der Waals surface area contributed by atoms with Crippen molar-refractivity contribution in [3.05, 3.63) is 0 Å². The van der Waals surface area contributed by atoms with Crippen LogP contribution in [0.5, 0.6) is 0 Å². The lowest BCUT2D eigenvalue weighted by Crippen LogP contribution is -2.31. The molecular formula is C11H24N2O. The molecule has 1 heterocycles. The summed E-state index contributed by atoms with van der Waals surface area (Å²) in [4.78, 5) is 2.48. The van der Waals surface area contributed by atoms with Crippen molar-refractivity contribution < 1.29 is 4.74 Å². The van der Waals surface area contributed by atoms with Gasteiger partial charge in [-0.15, -0.1) is 0 Å². The normalized spacial score (nSPS) is 23.1. The molecule has 0 bridgehead atoms. The number of nitrogens with zero attached hydrogens (tertiary/aromatic N) is 1. The number of unbranched alkanes of at least 4 members (excludes halogenated alkanes) is 1. The fraction of sp³-hybridized carbons (Fsp3) is 1.00. The molecule has 1 N–H and O–H groups in total. The maximum absolute atomic E-state index is 5.54. The highest BCUT2D eigenvalue weighted by Gasteiger charge is 2.19. The van der Waals surface area contributed by atoms with Crippen molar-refractivity contribution >= 4 is 0 Å². The Morgan fingerprint density at radius 2 is 2.29 bits per heavy atom. The fourth-order valence-corrected chi connectivity index (χ4v) is 1.81. The van der Waals surface area contributed by atoms with Crippen LogP contribution in [-0.2, 0) is 4.74 Å². The molecule has 0 aromatic heterocycles. The summed E-state index contributed by atoms with van der Waals surface area (Å²) in [5, 5.41) is 3.32. The van der Waals surface area contributed by atoms with Crippen molar-refractivity contribution in [1.82, 2.24) is 10.2 Å². The Kier molecular flexibility index (Phi) is 6.15. The quantitative estimate of drug-likeness (QED) is 0.623. The second-order valence-corrected chi connectivity index (χ2v) is 4.04. The molecule has 1 fully saturated rings. The molecular weight excluding hydrogens is 176 g/mol. The molecule has 1 aliphatic heterocycles. The van der Waals surface area contributed by atoms with E-state index in [1.165, 1.54) is 32.4 Å². The molecule has 0 saturated carbocycles. The first-order valence-corrected chi connectivity index (χ1v) is 5.84. The van der Waals surface area contributed by atoms with Crippen molar-refractivity contribution in [3.63, 3.8) is 0 Å². The molecule has 0 aromatic rings. The lowest BCUT2D eigenvalue weighted by atomic mass is 10.3. The SMILES string of the molecule is CCCCOCCN1CCC(NC)C1. The molecule has 1 aliphatic rings. The van der Waals surface area contributed by atoms with E-state index in [0.717, 1.165) is 19.8 Å². The van der Waals surface area contributed by atoms with Crippen LogP contribution in [-0.4, -0.2) is 50.8 Å². The summed E-state index contributed by atoms with van der Waals surface area (Å²) in [6.07, 6.45) is 3.70. The van der Waals surface area contributed by atoms with Crippen molar-refractivity contribution in [1.29, 1.82) is 0 Å². The van der Waals surface area contributed by atoms with Crippen LogP contribution in [0.4, 0.5) is 0 Å². The number of likely N-dealkylation sites (N-methyl/N-ethyl adjacent to an activating group) is 1. The lowest BCUT2D eigenvalue weighted by Gasteiger charge is -2.15. The van der Waals surface area contributed by atoms with Crippen molar-refractivity contribution in [2.24, 2.45) is 0 Å². The summed E-state index contributed by atoms with van der Waals surface area (Å²) < 4.78 is 5.54.